The molecular formula is C24H32Cl2OTi. The summed E-state index contributed by atoms with van der Waals surface area (Å²) in [5.41, 5.74) is 7.55. The minimum atomic E-state index is -0.661. The van der Waals surface area contributed by atoms with Gasteiger partial charge in [0.1, 0.15) is 0 Å². The average Bonchev–Trinajstić information content (AvgIpc) is 2.78. The van der Waals surface area contributed by atoms with Crippen LogP contribution < -0.4 is 3.87 Å². The molecule has 1 unspecified atom stereocenters. The van der Waals surface area contributed by atoms with Gasteiger partial charge in [-0.2, -0.15) is 0 Å². The van der Waals surface area contributed by atoms with Crippen molar-refractivity contribution in [3.05, 3.63) is 58.7 Å². The van der Waals surface area contributed by atoms with Crippen LogP contribution in [0, 0.1) is 11.3 Å². The Bertz CT molecular complexity index is 906. The number of fused-ring (bicyclic) bond motifs is 1. The van der Waals surface area contributed by atoms with Crippen LogP contribution in [-0.4, -0.2) is 6.61 Å². The van der Waals surface area contributed by atoms with Gasteiger partial charge in [0.05, 0.1) is 0 Å². The van der Waals surface area contributed by atoms with Crippen LogP contribution >= 0.6 is 24.8 Å². The van der Waals surface area contributed by atoms with Crippen LogP contribution in [0.1, 0.15) is 54.0 Å². The Morgan fingerprint density at radius 1 is 0.929 bits per heavy atom. The van der Waals surface area contributed by atoms with Gasteiger partial charge < -0.3 is 0 Å². The van der Waals surface area contributed by atoms with E-state index in [1.54, 1.807) is 0 Å². The van der Waals surface area contributed by atoms with Gasteiger partial charge in [-0.1, -0.05) is 0 Å². The van der Waals surface area contributed by atoms with Crippen molar-refractivity contribution in [1.29, 1.82) is 0 Å². The van der Waals surface area contributed by atoms with E-state index in [0.29, 0.717) is 5.92 Å². The molecule has 1 atom stereocenters. The predicted molar refractivity (Wildman–Crippen MR) is 124 cm³/mol. The number of rotatable bonds is 4. The number of hydrogen-bond donors (Lipinski definition) is 0. The van der Waals surface area contributed by atoms with E-state index >= 15 is 0 Å². The monoisotopic (exact) mass is 454 g/mol. The summed E-state index contributed by atoms with van der Waals surface area (Å²) in [5, 5.41) is 2.69. The summed E-state index contributed by atoms with van der Waals surface area (Å²) in [6, 6.07) is 13.4. The summed E-state index contributed by atoms with van der Waals surface area (Å²) in [5.74, 6) is 0.490. The van der Waals surface area contributed by atoms with Gasteiger partial charge in [-0.25, -0.2) is 0 Å². The van der Waals surface area contributed by atoms with Crippen LogP contribution in [0.25, 0.3) is 16.3 Å². The molecule has 0 saturated heterocycles. The Hall–Kier alpha value is -0.566. The van der Waals surface area contributed by atoms with Crippen LogP contribution in [0.15, 0.2) is 53.1 Å². The number of benzene rings is 2. The maximum Gasteiger partial charge on any atom is -0.147 e. The maximum atomic E-state index is 6.31. The summed E-state index contributed by atoms with van der Waals surface area (Å²) in [6.45, 7) is 16.7. The van der Waals surface area contributed by atoms with Crippen molar-refractivity contribution in [2.45, 2.75) is 48.5 Å². The van der Waals surface area contributed by atoms with E-state index in [-0.39, 0.29) is 30.2 Å². The molecule has 0 aromatic heterocycles. The van der Waals surface area contributed by atoms with Gasteiger partial charge in [-0.15, -0.1) is 24.8 Å². The second kappa shape index (κ2) is 9.96. The van der Waals surface area contributed by atoms with E-state index in [0.717, 1.165) is 6.61 Å². The zero-order chi connectivity index (χ0) is 19.1. The maximum absolute atomic E-state index is 6.31. The zero-order valence-corrected chi connectivity index (χ0v) is 21.2. The van der Waals surface area contributed by atoms with Gasteiger partial charge in [0.25, 0.3) is 0 Å². The number of hydrogen-bond acceptors (Lipinski definition) is 1. The second-order valence-electron chi connectivity index (χ2n) is 8.73. The minimum absolute atomic E-state index is 0. The minimum Gasteiger partial charge on any atom is -0.147 e. The van der Waals surface area contributed by atoms with Gasteiger partial charge >= 0.3 is 168 Å². The molecule has 0 saturated carbocycles. The molecule has 2 aromatic rings. The molecule has 0 aliphatic heterocycles. The van der Waals surface area contributed by atoms with Crippen molar-refractivity contribution in [2.75, 3.05) is 6.61 Å². The molecule has 1 aliphatic rings. The van der Waals surface area contributed by atoms with Crippen molar-refractivity contribution < 1.29 is 22.9 Å². The Morgan fingerprint density at radius 2 is 1.57 bits per heavy atom. The van der Waals surface area contributed by atoms with E-state index < -0.39 is 19.5 Å². The Morgan fingerprint density at radius 3 is 2.14 bits per heavy atom. The van der Waals surface area contributed by atoms with Gasteiger partial charge in [0.15, 0.2) is 0 Å². The molecule has 0 spiro atoms. The van der Waals surface area contributed by atoms with Crippen molar-refractivity contribution in [2.24, 2.45) is 11.3 Å². The molecule has 152 valence electrons. The standard InChI is InChI=1S/C19H19.C5H11O.2ClH.Ti/c1-12-13(2)15(4)19(14(12)3)18-10-9-16-7-5-6-8-17(16)11-18;1-5(2,3)4-6;;;/h5-10,14H,1-4H3;4H2,1-3H3;2*1H;/q;-1;;;+1. The molecule has 1 aliphatic carbocycles. The fourth-order valence-corrected chi connectivity index (χ4v) is 5.78. The number of allylic oxidation sites excluding steroid dienone is 4. The Labute approximate surface area is 192 Å². The zero-order valence-electron chi connectivity index (χ0n) is 18.0. The molecule has 0 N–H and O–H groups in total. The van der Waals surface area contributed by atoms with Gasteiger partial charge in [-0.05, 0) is 0 Å². The van der Waals surface area contributed by atoms with Gasteiger partial charge in [0.2, 0.25) is 0 Å². The first-order valence-electron chi connectivity index (χ1n) is 9.49. The van der Waals surface area contributed by atoms with E-state index in [9.17, 15) is 0 Å². The molecule has 0 radical (unpaired) electrons. The smallest absolute Gasteiger partial charge is 0.147 e. The summed E-state index contributed by atoms with van der Waals surface area (Å²) >= 11 is -0.661. The van der Waals surface area contributed by atoms with Gasteiger partial charge in [-0.3, -0.25) is 0 Å². The molecule has 0 heterocycles. The fourth-order valence-electron chi connectivity index (χ4n) is 3.73. The normalized spacial score (nSPS) is 16.9. The third kappa shape index (κ3) is 5.12. The summed E-state index contributed by atoms with van der Waals surface area (Å²) < 4.78 is 7.76. The molecule has 0 amide bonds. The van der Waals surface area contributed by atoms with Crippen molar-refractivity contribution in [3.63, 3.8) is 0 Å². The molecule has 0 bridgehead atoms. The van der Waals surface area contributed by atoms with Crippen LogP contribution in [0.3, 0.4) is 0 Å². The van der Waals surface area contributed by atoms with Crippen LogP contribution in [0.2, 0.25) is 0 Å². The van der Waals surface area contributed by atoms with Crippen LogP contribution in [0.4, 0.5) is 0 Å². The predicted octanol–water partition coefficient (Wildman–Crippen LogP) is 7.13. The molecular weight excluding hydrogens is 423 g/mol. The van der Waals surface area contributed by atoms with Gasteiger partial charge in [0, 0.05) is 0 Å². The number of halogens is 2. The van der Waals surface area contributed by atoms with Crippen LogP contribution in [0.5, 0.6) is 0 Å². The molecule has 2 aromatic carbocycles. The van der Waals surface area contributed by atoms with Crippen molar-refractivity contribution >= 4 is 45.0 Å². The van der Waals surface area contributed by atoms with E-state index in [2.05, 4.69) is 84.9 Å². The first-order valence-corrected chi connectivity index (χ1v) is 10.9. The third-order valence-electron chi connectivity index (χ3n) is 5.54. The van der Waals surface area contributed by atoms with E-state index in [1.807, 2.05) is 0 Å². The van der Waals surface area contributed by atoms with E-state index in [1.165, 1.54) is 42.5 Å². The van der Waals surface area contributed by atoms with Crippen molar-refractivity contribution in [3.8, 4) is 0 Å². The first kappa shape index (κ1) is 25.5. The SMILES string of the molecule is CC1=C(C)C(C)C(c2ccc3ccccc3[c]2[Ti][O]CC(C)(C)C)=C1C.Cl.Cl. The van der Waals surface area contributed by atoms with Crippen molar-refractivity contribution in [1.82, 2.24) is 0 Å². The summed E-state index contributed by atoms with van der Waals surface area (Å²) in [4.78, 5) is 0. The largest absolute Gasteiger partial charge is 0.147 e. The average molecular weight is 455 g/mol. The second-order valence-corrected chi connectivity index (χ2v) is 10.3. The Balaban J connectivity index is 0.00000196. The third-order valence-corrected chi connectivity index (χ3v) is 7.15. The molecule has 1 nitrogen and oxygen atoms in total. The summed E-state index contributed by atoms with van der Waals surface area (Å²) in [6.07, 6.45) is 0. The van der Waals surface area contributed by atoms with Crippen LogP contribution in [-0.2, 0) is 22.9 Å². The Kier molecular flexibility index (Phi) is 9.06. The molecule has 4 heteroatoms. The molecule has 3 rings (SSSR count). The fraction of sp³-hybridized carbons (Fsp3) is 0.417. The topological polar surface area (TPSA) is 9.23 Å². The van der Waals surface area contributed by atoms with E-state index in [4.69, 9.17) is 3.32 Å². The first-order chi connectivity index (χ1) is 12.2. The molecule has 0 fully saturated rings. The quantitative estimate of drug-likeness (QED) is 0.446. The summed E-state index contributed by atoms with van der Waals surface area (Å²) in [7, 11) is 0. The molecule has 28 heavy (non-hydrogen) atoms.